The molecule has 1 unspecified atom stereocenters. The molecule has 1 aliphatic rings. The summed E-state index contributed by atoms with van der Waals surface area (Å²) in [7, 11) is 1.65. The van der Waals surface area contributed by atoms with Gasteiger partial charge in [-0.05, 0) is 29.8 Å². The molecule has 6 nitrogen and oxygen atoms in total. The first-order valence-electron chi connectivity index (χ1n) is 8.72. The van der Waals surface area contributed by atoms with Crippen molar-refractivity contribution in [1.82, 2.24) is 20.2 Å². The van der Waals surface area contributed by atoms with Crippen LogP contribution < -0.4 is 10.1 Å². The second kappa shape index (κ2) is 7.50. The largest absolute Gasteiger partial charge is 0.497 e. The van der Waals surface area contributed by atoms with Gasteiger partial charge < -0.3 is 15.0 Å². The monoisotopic (exact) mass is 382 g/mol. The maximum atomic E-state index is 13.0. The Morgan fingerprint density at radius 3 is 2.81 bits per heavy atom. The molecule has 1 saturated heterocycles. The van der Waals surface area contributed by atoms with E-state index >= 15 is 0 Å². The fourth-order valence-corrected chi connectivity index (χ4v) is 3.46. The Labute approximate surface area is 162 Å². The lowest BCUT2D eigenvalue weighted by Crippen LogP contribution is -2.48. The minimum Gasteiger partial charge on any atom is -0.497 e. The van der Waals surface area contributed by atoms with Gasteiger partial charge in [0.05, 0.1) is 24.4 Å². The Balaban J connectivity index is 1.54. The number of piperazine rings is 1. The van der Waals surface area contributed by atoms with Crippen LogP contribution in [-0.2, 0) is 0 Å². The lowest BCUT2D eigenvalue weighted by Gasteiger charge is -2.34. The Morgan fingerprint density at radius 1 is 1.22 bits per heavy atom. The van der Waals surface area contributed by atoms with Gasteiger partial charge >= 0.3 is 0 Å². The van der Waals surface area contributed by atoms with Crippen LogP contribution >= 0.6 is 11.6 Å². The minimum atomic E-state index is -0.0302. The van der Waals surface area contributed by atoms with Gasteiger partial charge in [-0.3, -0.25) is 9.78 Å². The third-order valence-corrected chi connectivity index (χ3v) is 4.97. The molecule has 4 rings (SSSR count). The maximum absolute atomic E-state index is 13.0. The fourth-order valence-electron chi connectivity index (χ4n) is 3.30. The molecular formula is C20H19ClN4O2. The van der Waals surface area contributed by atoms with E-state index < -0.39 is 0 Å². The van der Waals surface area contributed by atoms with Crippen LogP contribution in [0.3, 0.4) is 0 Å². The molecule has 7 heteroatoms. The molecule has 1 fully saturated rings. The minimum absolute atomic E-state index is 0.0302. The predicted octanol–water partition coefficient (Wildman–Crippen LogP) is 3.08. The van der Waals surface area contributed by atoms with Crippen molar-refractivity contribution in [1.29, 1.82) is 0 Å². The highest BCUT2D eigenvalue weighted by atomic mass is 35.5. The highest BCUT2D eigenvalue weighted by Crippen LogP contribution is 2.22. The number of aromatic nitrogens is 2. The molecule has 1 aliphatic heterocycles. The summed E-state index contributed by atoms with van der Waals surface area (Å²) >= 11 is 5.96. The molecule has 138 valence electrons. The standard InChI is InChI=1S/C20H19ClN4O2/c1-27-16-4-2-13(3-5-16)18-12-25(7-6-22-18)20(26)15-8-14-9-19(21)24-11-17(14)23-10-15/h2-5,8-11,18,22H,6-7,12H2,1H3. The number of carbonyl (C=O) groups is 1. The second-order valence-electron chi connectivity index (χ2n) is 6.45. The van der Waals surface area contributed by atoms with Gasteiger partial charge in [0.15, 0.2) is 0 Å². The number of methoxy groups -OCH3 is 1. The number of halogens is 1. The van der Waals surface area contributed by atoms with Gasteiger partial charge in [0.1, 0.15) is 10.9 Å². The molecule has 0 radical (unpaired) electrons. The Morgan fingerprint density at radius 2 is 2.04 bits per heavy atom. The predicted molar refractivity (Wildman–Crippen MR) is 104 cm³/mol. The molecule has 0 saturated carbocycles. The topological polar surface area (TPSA) is 67.3 Å². The lowest BCUT2D eigenvalue weighted by molar-refractivity contribution is 0.0702. The summed E-state index contributed by atoms with van der Waals surface area (Å²) in [5.41, 5.74) is 2.40. The number of pyridine rings is 2. The molecule has 0 aliphatic carbocycles. The van der Waals surface area contributed by atoms with Crippen molar-refractivity contribution in [3.05, 3.63) is 65.1 Å². The van der Waals surface area contributed by atoms with Crippen molar-refractivity contribution in [2.75, 3.05) is 26.7 Å². The average Bonchev–Trinajstić information content (AvgIpc) is 2.73. The number of hydrogen-bond acceptors (Lipinski definition) is 5. The number of nitrogens with zero attached hydrogens (tertiary/aromatic N) is 3. The van der Waals surface area contributed by atoms with Crippen LogP contribution in [0.2, 0.25) is 5.15 Å². The van der Waals surface area contributed by atoms with Gasteiger partial charge in [-0.25, -0.2) is 4.98 Å². The molecule has 1 N–H and O–H groups in total. The van der Waals surface area contributed by atoms with Crippen LogP contribution in [0, 0.1) is 0 Å². The zero-order valence-electron chi connectivity index (χ0n) is 14.9. The highest BCUT2D eigenvalue weighted by molar-refractivity contribution is 6.30. The second-order valence-corrected chi connectivity index (χ2v) is 6.84. The van der Waals surface area contributed by atoms with Gasteiger partial charge in [-0.1, -0.05) is 23.7 Å². The summed E-state index contributed by atoms with van der Waals surface area (Å²) in [6.07, 6.45) is 3.21. The van der Waals surface area contributed by atoms with E-state index in [1.54, 1.807) is 25.6 Å². The van der Waals surface area contributed by atoms with Gasteiger partial charge in [-0.15, -0.1) is 0 Å². The lowest BCUT2D eigenvalue weighted by atomic mass is 10.0. The molecule has 2 aromatic heterocycles. The third kappa shape index (κ3) is 3.72. The van der Waals surface area contributed by atoms with Crippen LogP contribution in [0.1, 0.15) is 22.0 Å². The molecule has 3 aromatic rings. The van der Waals surface area contributed by atoms with Crippen molar-refractivity contribution in [2.45, 2.75) is 6.04 Å². The molecule has 27 heavy (non-hydrogen) atoms. The first kappa shape index (κ1) is 17.7. The third-order valence-electron chi connectivity index (χ3n) is 4.76. The van der Waals surface area contributed by atoms with Crippen molar-refractivity contribution >= 4 is 28.4 Å². The van der Waals surface area contributed by atoms with E-state index in [1.807, 2.05) is 35.2 Å². The smallest absolute Gasteiger partial charge is 0.255 e. The summed E-state index contributed by atoms with van der Waals surface area (Å²) in [5, 5.41) is 4.66. The molecule has 1 aromatic carbocycles. The Bertz CT molecular complexity index is 977. The summed E-state index contributed by atoms with van der Waals surface area (Å²) < 4.78 is 5.21. The summed E-state index contributed by atoms with van der Waals surface area (Å²) in [6, 6.07) is 11.5. The number of carbonyl (C=O) groups excluding carboxylic acids is 1. The van der Waals surface area contributed by atoms with Gasteiger partial charge in [0.2, 0.25) is 0 Å². The first-order chi connectivity index (χ1) is 13.1. The van der Waals surface area contributed by atoms with E-state index in [1.165, 1.54) is 0 Å². The van der Waals surface area contributed by atoms with E-state index in [0.717, 1.165) is 23.2 Å². The van der Waals surface area contributed by atoms with Crippen LogP contribution in [0.4, 0.5) is 0 Å². The summed E-state index contributed by atoms with van der Waals surface area (Å²) in [5.74, 6) is 0.787. The number of amides is 1. The normalized spacial score (nSPS) is 17.1. The first-order valence-corrected chi connectivity index (χ1v) is 9.10. The van der Waals surface area contributed by atoms with Gasteiger partial charge in [-0.2, -0.15) is 0 Å². The number of rotatable bonds is 3. The number of benzene rings is 1. The van der Waals surface area contributed by atoms with Crippen molar-refractivity contribution in [3.8, 4) is 5.75 Å². The highest BCUT2D eigenvalue weighted by Gasteiger charge is 2.25. The Hall–Kier alpha value is -2.70. The van der Waals surface area contributed by atoms with Crippen LogP contribution in [0.15, 0.2) is 48.8 Å². The molecular weight excluding hydrogens is 364 g/mol. The van der Waals surface area contributed by atoms with Crippen molar-refractivity contribution < 1.29 is 9.53 Å². The number of nitrogens with one attached hydrogen (secondary N) is 1. The molecule has 3 heterocycles. The zero-order valence-corrected chi connectivity index (χ0v) is 15.6. The van der Waals surface area contributed by atoms with Gasteiger partial charge in [0.25, 0.3) is 5.91 Å². The Kier molecular flexibility index (Phi) is 4.92. The molecule has 0 spiro atoms. The quantitative estimate of drug-likeness (QED) is 0.705. The summed E-state index contributed by atoms with van der Waals surface area (Å²) in [6.45, 7) is 1.99. The fraction of sp³-hybridized carbons (Fsp3) is 0.250. The van der Waals surface area contributed by atoms with E-state index in [0.29, 0.717) is 29.3 Å². The van der Waals surface area contributed by atoms with Gasteiger partial charge in [0, 0.05) is 37.3 Å². The van der Waals surface area contributed by atoms with Crippen LogP contribution in [0.25, 0.3) is 10.9 Å². The number of fused-ring (bicyclic) bond motifs is 1. The maximum Gasteiger partial charge on any atom is 0.255 e. The van der Waals surface area contributed by atoms with E-state index in [4.69, 9.17) is 16.3 Å². The number of ether oxygens (including phenoxy) is 1. The zero-order chi connectivity index (χ0) is 18.8. The van der Waals surface area contributed by atoms with E-state index in [2.05, 4.69) is 15.3 Å². The van der Waals surface area contributed by atoms with Crippen molar-refractivity contribution in [2.24, 2.45) is 0 Å². The number of hydrogen-bond donors (Lipinski definition) is 1. The molecule has 1 atom stereocenters. The van der Waals surface area contributed by atoms with Crippen LogP contribution in [-0.4, -0.2) is 47.5 Å². The molecule has 0 bridgehead atoms. The molecule has 1 amide bonds. The average molecular weight is 383 g/mol. The summed E-state index contributed by atoms with van der Waals surface area (Å²) in [4.78, 5) is 23.2. The van der Waals surface area contributed by atoms with E-state index in [9.17, 15) is 4.79 Å². The van der Waals surface area contributed by atoms with E-state index in [-0.39, 0.29) is 11.9 Å². The van der Waals surface area contributed by atoms with Crippen LogP contribution in [0.5, 0.6) is 5.75 Å². The van der Waals surface area contributed by atoms with Crippen molar-refractivity contribution in [3.63, 3.8) is 0 Å². The SMILES string of the molecule is COc1ccc(C2CN(C(=O)c3cnc4cnc(Cl)cc4c3)CCN2)cc1.